The van der Waals surface area contributed by atoms with Crippen molar-refractivity contribution in [2.24, 2.45) is 7.05 Å². The highest BCUT2D eigenvalue weighted by Crippen LogP contribution is 2.20. The van der Waals surface area contributed by atoms with Crippen LogP contribution in [0, 0.1) is 13.8 Å². The maximum absolute atomic E-state index is 4.60. The Morgan fingerprint density at radius 1 is 1.35 bits per heavy atom. The molecule has 1 N–H and O–H groups in total. The fourth-order valence-electron chi connectivity index (χ4n) is 2.42. The number of fused-ring (bicyclic) bond motifs is 1. The van der Waals surface area contributed by atoms with Crippen LogP contribution in [0.25, 0.3) is 4.96 Å². The predicted octanol–water partition coefficient (Wildman–Crippen LogP) is 2.08. The monoisotopic (exact) mass is 289 g/mol. The van der Waals surface area contributed by atoms with Crippen molar-refractivity contribution in [1.82, 2.24) is 24.3 Å². The lowest BCUT2D eigenvalue weighted by molar-refractivity contribution is 0.641. The first-order chi connectivity index (χ1) is 9.66. The molecule has 3 aromatic rings. The van der Waals surface area contributed by atoms with Crippen molar-refractivity contribution in [3.63, 3.8) is 0 Å². The van der Waals surface area contributed by atoms with E-state index in [2.05, 4.69) is 43.5 Å². The number of rotatable bonds is 5. The number of aryl methyl sites for hydroxylation is 3. The highest BCUT2D eigenvalue weighted by molar-refractivity contribution is 7.15. The minimum atomic E-state index is 0.842. The molecule has 0 aromatic carbocycles. The Balaban J connectivity index is 1.64. The van der Waals surface area contributed by atoms with Gasteiger partial charge < -0.3 is 9.88 Å². The van der Waals surface area contributed by atoms with Gasteiger partial charge in [-0.1, -0.05) is 0 Å². The molecule has 0 aliphatic heterocycles. The molecule has 5 nitrogen and oxygen atoms in total. The Hall–Kier alpha value is -1.66. The fourth-order valence-corrected chi connectivity index (χ4v) is 3.35. The van der Waals surface area contributed by atoms with E-state index in [1.807, 2.05) is 19.4 Å². The summed E-state index contributed by atoms with van der Waals surface area (Å²) in [6.07, 6.45) is 4.76. The lowest BCUT2D eigenvalue weighted by atomic mass is 10.3. The number of hydrogen-bond acceptors (Lipinski definition) is 4. The third kappa shape index (κ3) is 2.36. The molecule has 6 heteroatoms. The van der Waals surface area contributed by atoms with E-state index < -0.39 is 0 Å². The molecule has 0 amide bonds. The largest absolute Gasteiger partial charge is 0.338 e. The summed E-state index contributed by atoms with van der Waals surface area (Å²) in [4.78, 5) is 10.0. The van der Waals surface area contributed by atoms with Crippen LogP contribution in [0.5, 0.6) is 0 Å². The Kier molecular flexibility index (Phi) is 3.58. The number of imidazole rings is 2. The van der Waals surface area contributed by atoms with Crippen LogP contribution in [0.2, 0.25) is 0 Å². The summed E-state index contributed by atoms with van der Waals surface area (Å²) in [7, 11) is 2.03. The summed E-state index contributed by atoms with van der Waals surface area (Å²) in [5.74, 6) is 1.11. The van der Waals surface area contributed by atoms with Gasteiger partial charge in [0, 0.05) is 50.0 Å². The van der Waals surface area contributed by atoms with Crippen molar-refractivity contribution in [2.75, 3.05) is 6.54 Å². The lowest BCUT2D eigenvalue weighted by Gasteiger charge is -2.06. The SMILES string of the molecule is Cc1nc2scc(C)n2c1CNCCc1nccn1C. The second-order valence-electron chi connectivity index (χ2n) is 5.02. The lowest BCUT2D eigenvalue weighted by Crippen LogP contribution is -2.19. The van der Waals surface area contributed by atoms with Crippen LogP contribution < -0.4 is 5.32 Å². The van der Waals surface area contributed by atoms with E-state index in [-0.39, 0.29) is 0 Å². The van der Waals surface area contributed by atoms with Crippen molar-refractivity contribution in [1.29, 1.82) is 0 Å². The smallest absolute Gasteiger partial charge is 0.194 e. The molecule has 0 spiro atoms. The molecule has 0 saturated carbocycles. The van der Waals surface area contributed by atoms with Gasteiger partial charge in [0.25, 0.3) is 0 Å². The summed E-state index contributed by atoms with van der Waals surface area (Å²) in [6, 6.07) is 0. The zero-order chi connectivity index (χ0) is 14.1. The second kappa shape index (κ2) is 5.38. The summed E-state index contributed by atoms with van der Waals surface area (Å²) >= 11 is 1.70. The number of thiazole rings is 1. The summed E-state index contributed by atoms with van der Waals surface area (Å²) in [5.41, 5.74) is 3.63. The standard InChI is InChI=1S/C14H19N5S/c1-10-9-20-14-17-11(2)12(19(10)14)8-15-5-4-13-16-6-7-18(13)3/h6-7,9,15H,4-5,8H2,1-3H3. The van der Waals surface area contributed by atoms with Crippen molar-refractivity contribution in [3.8, 4) is 0 Å². The molecule has 20 heavy (non-hydrogen) atoms. The molecule has 0 unspecified atom stereocenters. The summed E-state index contributed by atoms with van der Waals surface area (Å²) in [6.45, 7) is 5.96. The Morgan fingerprint density at radius 3 is 2.95 bits per heavy atom. The Bertz CT molecular complexity index is 721. The third-order valence-electron chi connectivity index (χ3n) is 3.57. The van der Waals surface area contributed by atoms with Crippen LogP contribution in [0.15, 0.2) is 17.8 Å². The van der Waals surface area contributed by atoms with Gasteiger partial charge in [-0.25, -0.2) is 9.97 Å². The van der Waals surface area contributed by atoms with Crippen molar-refractivity contribution >= 4 is 16.3 Å². The molecule has 0 aliphatic rings. The number of aromatic nitrogens is 4. The maximum atomic E-state index is 4.60. The molecule has 0 saturated heterocycles. The number of nitrogens with zero attached hydrogens (tertiary/aromatic N) is 4. The van der Waals surface area contributed by atoms with E-state index in [0.717, 1.165) is 36.0 Å². The van der Waals surface area contributed by atoms with E-state index in [9.17, 15) is 0 Å². The molecule has 3 aromatic heterocycles. The van der Waals surface area contributed by atoms with Crippen LogP contribution in [0.1, 0.15) is 22.9 Å². The normalized spacial score (nSPS) is 11.6. The fraction of sp³-hybridized carbons (Fsp3) is 0.429. The van der Waals surface area contributed by atoms with Gasteiger partial charge >= 0.3 is 0 Å². The minimum Gasteiger partial charge on any atom is -0.338 e. The molecule has 106 valence electrons. The van der Waals surface area contributed by atoms with E-state index in [4.69, 9.17) is 0 Å². The minimum absolute atomic E-state index is 0.842. The van der Waals surface area contributed by atoms with Crippen LogP contribution in [-0.4, -0.2) is 25.5 Å². The molecule has 3 rings (SSSR count). The van der Waals surface area contributed by atoms with Gasteiger partial charge in [-0.2, -0.15) is 0 Å². The van der Waals surface area contributed by atoms with Gasteiger partial charge in [0.1, 0.15) is 5.82 Å². The maximum Gasteiger partial charge on any atom is 0.194 e. The van der Waals surface area contributed by atoms with E-state index in [0.29, 0.717) is 0 Å². The molecule has 0 atom stereocenters. The molecule has 0 radical (unpaired) electrons. The molecule has 3 heterocycles. The molecule has 0 bridgehead atoms. The molecule has 0 fully saturated rings. The zero-order valence-electron chi connectivity index (χ0n) is 12.1. The average molecular weight is 289 g/mol. The quantitative estimate of drug-likeness (QED) is 0.732. The van der Waals surface area contributed by atoms with E-state index in [1.54, 1.807) is 11.3 Å². The van der Waals surface area contributed by atoms with E-state index in [1.165, 1.54) is 11.4 Å². The number of nitrogens with one attached hydrogen (secondary N) is 1. The number of hydrogen-bond donors (Lipinski definition) is 1. The van der Waals surface area contributed by atoms with E-state index >= 15 is 0 Å². The first-order valence-corrected chi connectivity index (χ1v) is 7.63. The van der Waals surface area contributed by atoms with Gasteiger partial charge in [-0.3, -0.25) is 4.40 Å². The summed E-state index contributed by atoms with van der Waals surface area (Å²) in [5, 5.41) is 5.65. The van der Waals surface area contributed by atoms with Crippen LogP contribution in [0.3, 0.4) is 0 Å². The van der Waals surface area contributed by atoms with Gasteiger partial charge in [0.05, 0.1) is 11.4 Å². The van der Waals surface area contributed by atoms with Crippen molar-refractivity contribution < 1.29 is 0 Å². The Labute approximate surface area is 122 Å². The first kappa shape index (κ1) is 13.3. The van der Waals surface area contributed by atoms with Crippen molar-refractivity contribution in [3.05, 3.63) is 40.7 Å². The van der Waals surface area contributed by atoms with Crippen LogP contribution in [0.4, 0.5) is 0 Å². The molecule has 0 aliphatic carbocycles. The van der Waals surface area contributed by atoms with Gasteiger partial charge in [-0.05, 0) is 13.8 Å². The molecular weight excluding hydrogens is 270 g/mol. The first-order valence-electron chi connectivity index (χ1n) is 6.75. The third-order valence-corrected chi connectivity index (χ3v) is 4.51. The summed E-state index contributed by atoms with van der Waals surface area (Å²) < 4.78 is 4.31. The average Bonchev–Trinajstić information content (AvgIpc) is 3.06. The topological polar surface area (TPSA) is 47.1 Å². The zero-order valence-corrected chi connectivity index (χ0v) is 12.9. The van der Waals surface area contributed by atoms with Gasteiger partial charge in [-0.15, -0.1) is 11.3 Å². The molecular formula is C14H19N5S. The van der Waals surface area contributed by atoms with Gasteiger partial charge in [0.2, 0.25) is 0 Å². The van der Waals surface area contributed by atoms with Crippen LogP contribution in [-0.2, 0) is 20.0 Å². The van der Waals surface area contributed by atoms with Crippen LogP contribution >= 0.6 is 11.3 Å². The Morgan fingerprint density at radius 2 is 2.20 bits per heavy atom. The predicted molar refractivity (Wildman–Crippen MR) is 81.2 cm³/mol. The second-order valence-corrected chi connectivity index (χ2v) is 5.86. The highest BCUT2D eigenvalue weighted by atomic mass is 32.1. The highest BCUT2D eigenvalue weighted by Gasteiger charge is 2.11. The van der Waals surface area contributed by atoms with Gasteiger partial charge in [0.15, 0.2) is 4.96 Å². The van der Waals surface area contributed by atoms with Crippen molar-refractivity contribution in [2.45, 2.75) is 26.8 Å².